The van der Waals surface area contributed by atoms with Gasteiger partial charge in [-0.1, -0.05) is 23.2 Å². The van der Waals surface area contributed by atoms with Crippen molar-refractivity contribution in [3.63, 3.8) is 0 Å². The van der Waals surface area contributed by atoms with Crippen LogP contribution in [0.3, 0.4) is 0 Å². The highest BCUT2D eigenvalue weighted by Crippen LogP contribution is 2.36. The fourth-order valence-corrected chi connectivity index (χ4v) is 2.58. The van der Waals surface area contributed by atoms with Crippen molar-refractivity contribution in [3.8, 4) is 0 Å². The van der Waals surface area contributed by atoms with Crippen LogP contribution in [0.25, 0.3) is 0 Å². The van der Waals surface area contributed by atoms with Gasteiger partial charge in [-0.05, 0) is 12.1 Å². The predicted octanol–water partition coefficient (Wildman–Crippen LogP) is 3.43. The summed E-state index contributed by atoms with van der Waals surface area (Å²) in [6.07, 6.45) is 0.522. The van der Waals surface area contributed by atoms with E-state index in [0.29, 0.717) is 16.5 Å². The Morgan fingerprint density at radius 3 is 2.79 bits per heavy atom. The molecular formula is C9H7Cl2NOS. The molecule has 1 aromatic rings. The third kappa shape index (κ3) is 2.00. The molecule has 2 rings (SSSR count). The molecule has 2 nitrogen and oxygen atoms in total. The van der Waals surface area contributed by atoms with Gasteiger partial charge in [-0.25, -0.2) is 0 Å². The number of halogens is 2. The van der Waals surface area contributed by atoms with Crippen LogP contribution < -0.4 is 5.32 Å². The summed E-state index contributed by atoms with van der Waals surface area (Å²) in [5.74, 6) is 0.797. The molecule has 1 amide bonds. The van der Waals surface area contributed by atoms with E-state index in [2.05, 4.69) is 5.32 Å². The number of carbonyl (C=O) groups is 1. The van der Waals surface area contributed by atoms with E-state index >= 15 is 0 Å². The van der Waals surface area contributed by atoms with E-state index in [-0.39, 0.29) is 5.91 Å². The lowest BCUT2D eigenvalue weighted by Crippen LogP contribution is -2.10. The van der Waals surface area contributed by atoms with E-state index in [9.17, 15) is 4.79 Å². The fraction of sp³-hybridized carbons (Fsp3) is 0.222. The summed E-state index contributed by atoms with van der Waals surface area (Å²) >= 11 is 13.3. The molecule has 0 saturated heterocycles. The highest BCUT2D eigenvalue weighted by molar-refractivity contribution is 7.99. The summed E-state index contributed by atoms with van der Waals surface area (Å²) in [5.41, 5.74) is 0.756. The molecule has 1 aliphatic rings. The molecule has 74 valence electrons. The van der Waals surface area contributed by atoms with E-state index in [1.54, 1.807) is 23.9 Å². The lowest BCUT2D eigenvalue weighted by molar-refractivity contribution is -0.115. The van der Waals surface area contributed by atoms with Crippen molar-refractivity contribution in [2.45, 2.75) is 11.3 Å². The average Bonchev–Trinajstić information content (AvgIpc) is 2.28. The number of benzene rings is 1. The molecule has 0 atom stereocenters. The molecule has 0 unspecified atom stereocenters. The number of fused-ring (bicyclic) bond motifs is 1. The van der Waals surface area contributed by atoms with Crippen LogP contribution >= 0.6 is 35.0 Å². The van der Waals surface area contributed by atoms with Gasteiger partial charge in [0.1, 0.15) is 0 Å². The molecule has 0 aliphatic carbocycles. The van der Waals surface area contributed by atoms with Crippen LogP contribution in [-0.4, -0.2) is 11.7 Å². The SMILES string of the molecule is O=C1CCSc2cc(Cl)c(Cl)cc2N1. The van der Waals surface area contributed by atoms with Gasteiger partial charge in [0.05, 0.1) is 15.7 Å². The van der Waals surface area contributed by atoms with Crippen LogP contribution in [0, 0.1) is 0 Å². The normalized spacial score (nSPS) is 15.7. The fourth-order valence-electron chi connectivity index (χ4n) is 1.21. The maximum atomic E-state index is 11.2. The Kier molecular flexibility index (Phi) is 2.91. The Balaban J connectivity index is 2.46. The third-order valence-electron chi connectivity index (χ3n) is 1.88. The largest absolute Gasteiger partial charge is 0.325 e. The molecule has 0 radical (unpaired) electrons. The van der Waals surface area contributed by atoms with Gasteiger partial charge in [0, 0.05) is 17.1 Å². The van der Waals surface area contributed by atoms with Crippen molar-refractivity contribution >= 4 is 46.6 Å². The van der Waals surface area contributed by atoms with Crippen molar-refractivity contribution in [3.05, 3.63) is 22.2 Å². The number of thioether (sulfide) groups is 1. The first-order valence-corrected chi connectivity index (χ1v) is 5.82. The number of nitrogens with one attached hydrogen (secondary N) is 1. The van der Waals surface area contributed by atoms with E-state index < -0.39 is 0 Å². The van der Waals surface area contributed by atoms with Gasteiger partial charge in [-0.3, -0.25) is 4.79 Å². The van der Waals surface area contributed by atoms with Gasteiger partial charge in [0.2, 0.25) is 5.91 Å². The molecule has 0 aromatic heterocycles. The maximum absolute atomic E-state index is 11.2. The van der Waals surface area contributed by atoms with E-state index in [1.165, 1.54) is 0 Å². The molecule has 1 N–H and O–H groups in total. The van der Waals surface area contributed by atoms with Gasteiger partial charge in [-0.2, -0.15) is 0 Å². The van der Waals surface area contributed by atoms with Crippen LogP contribution in [-0.2, 0) is 4.79 Å². The monoisotopic (exact) mass is 247 g/mol. The molecule has 1 aromatic carbocycles. The maximum Gasteiger partial charge on any atom is 0.225 e. The Morgan fingerprint density at radius 2 is 2.00 bits per heavy atom. The highest BCUT2D eigenvalue weighted by Gasteiger charge is 2.14. The number of hydrogen-bond donors (Lipinski definition) is 1. The first kappa shape index (κ1) is 10.1. The third-order valence-corrected chi connectivity index (χ3v) is 3.66. The minimum absolute atomic E-state index is 0.0228. The summed E-state index contributed by atoms with van der Waals surface area (Å²) in [6.45, 7) is 0. The van der Waals surface area contributed by atoms with E-state index in [1.807, 2.05) is 0 Å². The molecule has 1 heterocycles. The molecule has 5 heteroatoms. The number of rotatable bonds is 0. The number of anilines is 1. The summed E-state index contributed by atoms with van der Waals surface area (Å²) in [7, 11) is 0. The zero-order valence-corrected chi connectivity index (χ0v) is 9.47. The highest BCUT2D eigenvalue weighted by atomic mass is 35.5. The Labute approximate surface area is 96.0 Å². The smallest absolute Gasteiger partial charge is 0.225 e. The Hall–Kier alpha value is -0.380. The Bertz CT molecular complexity index is 395. The van der Waals surface area contributed by atoms with Crippen molar-refractivity contribution in [1.29, 1.82) is 0 Å². The molecule has 0 fully saturated rings. The van der Waals surface area contributed by atoms with Crippen molar-refractivity contribution in [2.75, 3.05) is 11.1 Å². The zero-order valence-electron chi connectivity index (χ0n) is 7.14. The van der Waals surface area contributed by atoms with Crippen LogP contribution in [0.2, 0.25) is 10.0 Å². The summed E-state index contributed by atoms with van der Waals surface area (Å²) < 4.78 is 0. The standard InChI is InChI=1S/C9H7Cl2NOS/c10-5-3-7-8(4-6(5)11)14-2-1-9(13)12-7/h3-4H,1-2H2,(H,12,13). The molecule has 0 bridgehead atoms. The van der Waals surface area contributed by atoms with E-state index in [0.717, 1.165) is 16.3 Å². The minimum Gasteiger partial charge on any atom is -0.325 e. The lowest BCUT2D eigenvalue weighted by atomic mass is 10.3. The number of hydrogen-bond acceptors (Lipinski definition) is 2. The van der Waals surface area contributed by atoms with Crippen molar-refractivity contribution in [1.82, 2.24) is 0 Å². The second kappa shape index (κ2) is 4.01. The molecule has 1 aliphatic heterocycles. The van der Waals surface area contributed by atoms with Gasteiger partial charge >= 0.3 is 0 Å². The number of amides is 1. The molecule has 0 spiro atoms. The van der Waals surface area contributed by atoms with Gasteiger partial charge in [-0.15, -0.1) is 11.8 Å². The summed E-state index contributed by atoms with van der Waals surface area (Å²) in [4.78, 5) is 12.2. The first-order valence-electron chi connectivity index (χ1n) is 4.08. The van der Waals surface area contributed by atoms with E-state index in [4.69, 9.17) is 23.2 Å². The second-order valence-corrected chi connectivity index (χ2v) is 4.86. The van der Waals surface area contributed by atoms with Crippen LogP contribution in [0.5, 0.6) is 0 Å². The van der Waals surface area contributed by atoms with Crippen LogP contribution in [0.4, 0.5) is 5.69 Å². The van der Waals surface area contributed by atoms with Crippen LogP contribution in [0.1, 0.15) is 6.42 Å². The van der Waals surface area contributed by atoms with Gasteiger partial charge in [0.15, 0.2) is 0 Å². The molecular weight excluding hydrogens is 241 g/mol. The second-order valence-electron chi connectivity index (χ2n) is 2.91. The zero-order chi connectivity index (χ0) is 10.1. The molecule has 14 heavy (non-hydrogen) atoms. The van der Waals surface area contributed by atoms with Crippen LogP contribution in [0.15, 0.2) is 17.0 Å². The van der Waals surface area contributed by atoms with Crippen molar-refractivity contribution in [2.24, 2.45) is 0 Å². The topological polar surface area (TPSA) is 29.1 Å². The van der Waals surface area contributed by atoms with Gasteiger partial charge in [0.25, 0.3) is 0 Å². The Morgan fingerprint density at radius 1 is 1.29 bits per heavy atom. The minimum atomic E-state index is 0.0228. The quantitative estimate of drug-likeness (QED) is 0.762. The average molecular weight is 248 g/mol. The number of carbonyl (C=O) groups excluding carboxylic acids is 1. The van der Waals surface area contributed by atoms with Gasteiger partial charge < -0.3 is 5.32 Å². The lowest BCUT2D eigenvalue weighted by Gasteiger charge is -2.07. The first-order chi connectivity index (χ1) is 6.66. The van der Waals surface area contributed by atoms with Crippen molar-refractivity contribution < 1.29 is 4.79 Å². The predicted molar refractivity (Wildman–Crippen MR) is 60.4 cm³/mol. The summed E-state index contributed by atoms with van der Waals surface area (Å²) in [5, 5.41) is 3.78. The summed E-state index contributed by atoms with van der Waals surface area (Å²) in [6, 6.07) is 3.48. The molecule has 0 saturated carbocycles.